The van der Waals surface area contributed by atoms with Crippen LogP contribution in [0.5, 0.6) is 0 Å². The third-order valence-corrected chi connectivity index (χ3v) is 3.23. The van der Waals surface area contributed by atoms with Gasteiger partial charge in [-0.25, -0.2) is 0 Å². The number of rotatable bonds is 3. The van der Waals surface area contributed by atoms with Crippen molar-refractivity contribution >= 4 is 24.0 Å². The molecule has 2 N–H and O–H groups in total. The number of hydrogen-bond acceptors (Lipinski definition) is 3. The molecule has 1 atom stereocenters. The average Bonchev–Trinajstić information content (AvgIpc) is 2.39. The lowest BCUT2D eigenvalue weighted by atomic mass is 10.1. The van der Waals surface area contributed by atoms with E-state index in [2.05, 4.69) is 0 Å². The Kier molecular flexibility index (Phi) is 6.12. The zero-order valence-electron chi connectivity index (χ0n) is 11.2. The maximum atomic E-state index is 12.2. The van der Waals surface area contributed by atoms with E-state index in [9.17, 15) is 4.79 Å². The quantitative estimate of drug-likeness (QED) is 0.867. The number of carbonyl (C=O) groups is 1. The van der Waals surface area contributed by atoms with Crippen LogP contribution in [-0.2, 0) is 4.74 Å². The van der Waals surface area contributed by atoms with Gasteiger partial charge in [-0.2, -0.15) is 0 Å². The molecular weight excluding hydrogens is 264 g/mol. The number of likely N-dealkylation sites (N-methyl/N-ethyl adjacent to an activating group) is 1. The number of benzene rings is 1. The van der Waals surface area contributed by atoms with Crippen molar-refractivity contribution in [1.82, 2.24) is 4.90 Å². The first-order valence-corrected chi connectivity index (χ1v) is 6.39. The molecule has 1 aliphatic heterocycles. The fourth-order valence-corrected chi connectivity index (χ4v) is 2.23. The van der Waals surface area contributed by atoms with Crippen molar-refractivity contribution in [3.8, 4) is 0 Å². The smallest absolute Gasteiger partial charge is 0.253 e. The van der Waals surface area contributed by atoms with Crippen molar-refractivity contribution in [3.63, 3.8) is 0 Å². The van der Waals surface area contributed by atoms with Crippen molar-refractivity contribution in [2.45, 2.75) is 25.4 Å². The number of carbonyl (C=O) groups excluding carboxylic acids is 1. The molecule has 2 rings (SSSR count). The number of hydrogen-bond donors (Lipinski definition) is 1. The van der Waals surface area contributed by atoms with E-state index >= 15 is 0 Å². The molecule has 19 heavy (non-hydrogen) atoms. The summed E-state index contributed by atoms with van der Waals surface area (Å²) >= 11 is 0. The second-order valence-electron chi connectivity index (χ2n) is 4.80. The van der Waals surface area contributed by atoms with Crippen LogP contribution in [0.25, 0.3) is 0 Å². The van der Waals surface area contributed by atoms with Gasteiger partial charge in [-0.05, 0) is 37.5 Å². The molecule has 0 bridgehead atoms. The summed E-state index contributed by atoms with van der Waals surface area (Å²) in [6, 6.07) is 7.08. The van der Waals surface area contributed by atoms with Gasteiger partial charge in [-0.15, -0.1) is 12.4 Å². The predicted octanol–water partition coefficient (Wildman–Crippen LogP) is 2.33. The highest BCUT2D eigenvalue weighted by Gasteiger charge is 2.19. The number of anilines is 1. The summed E-state index contributed by atoms with van der Waals surface area (Å²) in [6.45, 7) is 1.46. The maximum Gasteiger partial charge on any atom is 0.253 e. The van der Waals surface area contributed by atoms with Gasteiger partial charge in [0.15, 0.2) is 0 Å². The molecule has 0 saturated carbocycles. The van der Waals surface area contributed by atoms with E-state index in [0.29, 0.717) is 17.8 Å². The zero-order valence-corrected chi connectivity index (χ0v) is 12.0. The van der Waals surface area contributed by atoms with E-state index < -0.39 is 0 Å². The summed E-state index contributed by atoms with van der Waals surface area (Å²) in [5.41, 5.74) is 6.93. The normalized spacial score (nSPS) is 18.5. The van der Waals surface area contributed by atoms with E-state index in [4.69, 9.17) is 10.5 Å². The molecule has 106 valence electrons. The Morgan fingerprint density at radius 3 is 2.89 bits per heavy atom. The van der Waals surface area contributed by atoms with E-state index in [1.54, 1.807) is 29.2 Å². The second kappa shape index (κ2) is 7.36. The highest BCUT2D eigenvalue weighted by molar-refractivity contribution is 5.94. The fraction of sp³-hybridized carbons (Fsp3) is 0.500. The first-order chi connectivity index (χ1) is 8.66. The first-order valence-electron chi connectivity index (χ1n) is 6.39. The Bertz CT molecular complexity index is 420. The van der Waals surface area contributed by atoms with Crippen molar-refractivity contribution in [1.29, 1.82) is 0 Å². The Morgan fingerprint density at radius 2 is 2.26 bits per heavy atom. The van der Waals surface area contributed by atoms with Crippen LogP contribution in [0, 0.1) is 0 Å². The molecule has 0 aromatic heterocycles. The molecule has 0 spiro atoms. The number of halogens is 1. The maximum absolute atomic E-state index is 12.2. The lowest BCUT2D eigenvalue weighted by molar-refractivity contribution is -0.000185. The van der Waals surface area contributed by atoms with Crippen LogP contribution in [0.1, 0.15) is 29.6 Å². The standard InChI is InChI=1S/C14H20N2O2.ClH/c1-16(10-13-7-2-3-8-18-13)14(17)11-5-4-6-12(15)9-11;/h4-6,9,13H,2-3,7-8,10,15H2,1H3;1H. The van der Waals surface area contributed by atoms with E-state index in [0.717, 1.165) is 19.4 Å². The van der Waals surface area contributed by atoms with Crippen LogP contribution in [0.2, 0.25) is 0 Å². The van der Waals surface area contributed by atoms with Crippen molar-refractivity contribution in [2.24, 2.45) is 0 Å². The van der Waals surface area contributed by atoms with Gasteiger partial charge in [-0.3, -0.25) is 4.79 Å². The van der Waals surface area contributed by atoms with Crippen LogP contribution in [0.15, 0.2) is 24.3 Å². The lowest BCUT2D eigenvalue weighted by Crippen LogP contribution is -2.37. The van der Waals surface area contributed by atoms with Crippen molar-refractivity contribution < 1.29 is 9.53 Å². The fourth-order valence-electron chi connectivity index (χ4n) is 2.23. The Morgan fingerprint density at radius 1 is 1.47 bits per heavy atom. The average molecular weight is 285 g/mol. The van der Waals surface area contributed by atoms with Crippen LogP contribution in [0.4, 0.5) is 5.69 Å². The van der Waals surface area contributed by atoms with Gasteiger partial charge in [0, 0.05) is 31.5 Å². The minimum Gasteiger partial charge on any atom is -0.399 e. The third-order valence-electron chi connectivity index (χ3n) is 3.23. The minimum absolute atomic E-state index is 0. The topological polar surface area (TPSA) is 55.6 Å². The molecule has 1 unspecified atom stereocenters. The van der Waals surface area contributed by atoms with Gasteiger partial charge in [0.05, 0.1) is 6.10 Å². The van der Waals surface area contributed by atoms with Crippen LogP contribution in [-0.4, -0.2) is 37.1 Å². The lowest BCUT2D eigenvalue weighted by Gasteiger charge is -2.27. The van der Waals surface area contributed by atoms with Crippen molar-refractivity contribution in [3.05, 3.63) is 29.8 Å². The van der Waals surface area contributed by atoms with Gasteiger partial charge in [-0.1, -0.05) is 6.07 Å². The van der Waals surface area contributed by atoms with Gasteiger partial charge < -0.3 is 15.4 Å². The molecule has 4 nitrogen and oxygen atoms in total. The molecular formula is C14H21ClN2O2. The molecule has 1 aromatic carbocycles. The molecule has 0 aliphatic carbocycles. The Balaban J connectivity index is 0.00000180. The largest absolute Gasteiger partial charge is 0.399 e. The minimum atomic E-state index is -0.00327. The third kappa shape index (κ3) is 4.40. The SMILES string of the molecule is CN(CC1CCCCO1)C(=O)c1cccc(N)c1.Cl. The number of nitrogens with two attached hydrogens (primary N) is 1. The Labute approximate surface area is 120 Å². The van der Waals surface area contributed by atoms with Gasteiger partial charge in [0.25, 0.3) is 5.91 Å². The van der Waals surface area contributed by atoms with E-state index in [1.165, 1.54) is 6.42 Å². The summed E-state index contributed by atoms with van der Waals surface area (Å²) < 4.78 is 5.64. The molecule has 1 fully saturated rings. The van der Waals surface area contributed by atoms with Crippen LogP contribution in [0.3, 0.4) is 0 Å². The first kappa shape index (κ1) is 15.8. The van der Waals surface area contributed by atoms with E-state index in [-0.39, 0.29) is 24.4 Å². The van der Waals surface area contributed by atoms with E-state index in [1.807, 2.05) is 7.05 Å². The monoisotopic (exact) mass is 284 g/mol. The predicted molar refractivity (Wildman–Crippen MR) is 78.7 cm³/mol. The molecule has 0 radical (unpaired) electrons. The highest BCUT2D eigenvalue weighted by atomic mass is 35.5. The van der Waals surface area contributed by atoms with Crippen LogP contribution < -0.4 is 5.73 Å². The van der Waals surface area contributed by atoms with Gasteiger partial charge in [0.1, 0.15) is 0 Å². The zero-order chi connectivity index (χ0) is 13.0. The highest BCUT2D eigenvalue weighted by Crippen LogP contribution is 2.15. The summed E-state index contributed by atoms with van der Waals surface area (Å²) in [6.07, 6.45) is 3.52. The number of amides is 1. The number of nitrogen functional groups attached to an aromatic ring is 1. The summed E-state index contributed by atoms with van der Waals surface area (Å²) in [5, 5.41) is 0. The summed E-state index contributed by atoms with van der Waals surface area (Å²) in [7, 11) is 1.81. The molecule has 1 aliphatic rings. The van der Waals surface area contributed by atoms with Gasteiger partial charge >= 0.3 is 0 Å². The summed E-state index contributed by atoms with van der Waals surface area (Å²) in [4.78, 5) is 13.9. The number of nitrogens with zero attached hydrogens (tertiary/aromatic N) is 1. The molecule has 1 saturated heterocycles. The second-order valence-corrected chi connectivity index (χ2v) is 4.80. The van der Waals surface area contributed by atoms with Crippen LogP contribution >= 0.6 is 12.4 Å². The molecule has 5 heteroatoms. The molecule has 1 amide bonds. The Hall–Kier alpha value is -1.26. The summed E-state index contributed by atoms with van der Waals surface area (Å²) in [5.74, 6) is -0.00327. The molecule has 1 aromatic rings. The molecule has 1 heterocycles. The van der Waals surface area contributed by atoms with Gasteiger partial charge in [0.2, 0.25) is 0 Å². The van der Waals surface area contributed by atoms with Crippen molar-refractivity contribution in [2.75, 3.05) is 25.9 Å². The number of ether oxygens (including phenoxy) is 1.